The summed E-state index contributed by atoms with van der Waals surface area (Å²) in [6.07, 6.45) is 2.99. The van der Waals surface area contributed by atoms with Crippen LogP contribution in [0.1, 0.15) is 19.4 Å². The van der Waals surface area contributed by atoms with Crippen molar-refractivity contribution in [2.24, 2.45) is 0 Å². The van der Waals surface area contributed by atoms with Gasteiger partial charge in [-0.1, -0.05) is 11.6 Å². The molecule has 3 nitrogen and oxygen atoms in total. The summed E-state index contributed by atoms with van der Waals surface area (Å²) in [5, 5.41) is 8.36. The summed E-state index contributed by atoms with van der Waals surface area (Å²) in [6, 6.07) is 15.1. The van der Waals surface area contributed by atoms with Crippen LogP contribution in [0.3, 0.4) is 0 Å². The van der Waals surface area contributed by atoms with Gasteiger partial charge in [-0.15, -0.1) is 35.9 Å². The van der Waals surface area contributed by atoms with E-state index in [1.54, 1.807) is 0 Å². The number of ketones is 1. The molecule has 0 atom stereocenters. The smallest absolute Gasteiger partial charge is 0.155 e. The first-order valence-corrected chi connectivity index (χ1v) is 6.26. The number of aryl methyl sites for hydroxylation is 1. The van der Waals surface area contributed by atoms with Crippen LogP contribution in [0.4, 0.5) is 0 Å². The van der Waals surface area contributed by atoms with Crippen LogP contribution >= 0.6 is 0 Å². The average molecular weight is 461 g/mol. The zero-order valence-electron chi connectivity index (χ0n) is 12.3. The molecule has 1 aromatic heterocycles. The van der Waals surface area contributed by atoms with Crippen molar-refractivity contribution in [3.63, 3.8) is 0 Å². The Labute approximate surface area is 139 Å². The molecule has 1 aromatic carbocycles. The number of aliphatic hydroxyl groups excluding tert-OH is 1. The fourth-order valence-electron chi connectivity index (χ4n) is 1.53. The molecule has 1 radical (unpaired) electrons. The minimum absolute atomic E-state index is 0. The summed E-state index contributed by atoms with van der Waals surface area (Å²) in [5.74, 6) is -0.0625. The summed E-state index contributed by atoms with van der Waals surface area (Å²) < 4.78 is 0. The molecule has 0 saturated carbocycles. The summed E-state index contributed by atoms with van der Waals surface area (Å²) in [5.41, 5.74) is 3.26. The van der Waals surface area contributed by atoms with Gasteiger partial charge in [-0.05, 0) is 32.5 Å². The van der Waals surface area contributed by atoms with E-state index in [1.165, 1.54) is 25.5 Å². The van der Waals surface area contributed by atoms with E-state index in [0.29, 0.717) is 0 Å². The number of pyridine rings is 1. The van der Waals surface area contributed by atoms with Crippen LogP contribution in [0.5, 0.6) is 0 Å². The molecule has 21 heavy (non-hydrogen) atoms. The van der Waals surface area contributed by atoms with E-state index >= 15 is 0 Å². The Morgan fingerprint density at radius 3 is 2.43 bits per heavy atom. The van der Waals surface area contributed by atoms with Crippen molar-refractivity contribution >= 4 is 5.78 Å². The normalized spacial score (nSPS) is 9.95. The zero-order chi connectivity index (χ0) is 15.0. The van der Waals surface area contributed by atoms with Gasteiger partial charge in [0.2, 0.25) is 0 Å². The summed E-state index contributed by atoms with van der Waals surface area (Å²) in [4.78, 5) is 14.3. The molecule has 1 N–H and O–H groups in total. The molecular formula is C17H18IrNO2-. The number of carbonyl (C=O) groups excluding carboxylic acids is 1. The molecule has 113 valence electrons. The van der Waals surface area contributed by atoms with Crippen LogP contribution in [0, 0.1) is 13.0 Å². The number of hydrogen-bond acceptors (Lipinski definition) is 3. The second-order valence-electron chi connectivity index (χ2n) is 4.39. The van der Waals surface area contributed by atoms with E-state index in [1.807, 2.05) is 36.5 Å². The Hall–Kier alpha value is -1.77. The first kappa shape index (κ1) is 19.2. The van der Waals surface area contributed by atoms with Crippen molar-refractivity contribution in [2.45, 2.75) is 20.8 Å². The third-order valence-electron chi connectivity index (χ3n) is 2.31. The fourth-order valence-corrected chi connectivity index (χ4v) is 1.53. The maximum atomic E-state index is 10.0. The summed E-state index contributed by atoms with van der Waals surface area (Å²) in [7, 11) is 0. The van der Waals surface area contributed by atoms with Gasteiger partial charge in [0.1, 0.15) is 0 Å². The third-order valence-corrected chi connectivity index (χ3v) is 2.31. The van der Waals surface area contributed by atoms with Gasteiger partial charge < -0.3 is 10.1 Å². The number of aromatic nitrogens is 1. The second-order valence-corrected chi connectivity index (χ2v) is 4.39. The SMILES string of the molecule is CC(=O)/C=C(/C)O.Cc1ccnc(-c2[c-]cccc2)c1.[Ir]. The maximum Gasteiger partial charge on any atom is 0.155 e. The minimum atomic E-state index is -0.125. The van der Waals surface area contributed by atoms with Gasteiger partial charge >= 0.3 is 0 Å². The predicted molar refractivity (Wildman–Crippen MR) is 80.3 cm³/mol. The average Bonchev–Trinajstić information content (AvgIpc) is 2.39. The molecule has 0 saturated heterocycles. The topological polar surface area (TPSA) is 50.2 Å². The summed E-state index contributed by atoms with van der Waals surface area (Å²) >= 11 is 0. The number of rotatable bonds is 2. The molecule has 1 heterocycles. The summed E-state index contributed by atoms with van der Waals surface area (Å²) in [6.45, 7) is 4.91. The Kier molecular flexibility index (Phi) is 9.18. The molecule has 0 bridgehead atoms. The molecular weight excluding hydrogens is 442 g/mol. The van der Waals surface area contributed by atoms with Crippen LogP contribution in [0.25, 0.3) is 11.3 Å². The number of aliphatic hydroxyl groups is 1. The van der Waals surface area contributed by atoms with Crippen molar-refractivity contribution in [1.29, 1.82) is 0 Å². The van der Waals surface area contributed by atoms with Crippen LogP contribution in [0.2, 0.25) is 0 Å². The van der Waals surface area contributed by atoms with Crippen molar-refractivity contribution in [1.82, 2.24) is 4.98 Å². The monoisotopic (exact) mass is 461 g/mol. The van der Waals surface area contributed by atoms with Gasteiger partial charge in [0, 0.05) is 32.4 Å². The quantitative estimate of drug-likeness (QED) is 0.420. The minimum Gasteiger partial charge on any atom is -0.512 e. The van der Waals surface area contributed by atoms with Crippen LogP contribution in [-0.4, -0.2) is 15.9 Å². The van der Waals surface area contributed by atoms with Crippen molar-refractivity contribution < 1.29 is 30.0 Å². The van der Waals surface area contributed by atoms with E-state index in [2.05, 4.69) is 24.0 Å². The zero-order valence-corrected chi connectivity index (χ0v) is 14.6. The third kappa shape index (κ3) is 8.18. The molecule has 0 aliphatic rings. The fraction of sp³-hybridized carbons (Fsp3) is 0.176. The molecule has 0 aliphatic carbocycles. The van der Waals surface area contributed by atoms with Gasteiger partial charge in [0.25, 0.3) is 0 Å². The number of carbonyl (C=O) groups is 1. The molecule has 0 unspecified atom stereocenters. The number of hydrogen-bond donors (Lipinski definition) is 1. The molecule has 2 aromatic rings. The molecule has 2 rings (SSSR count). The first-order valence-electron chi connectivity index (χ1n) is 6.26. The van der Waals surface area contributed by atoms with Crippen molar-refractivity contribution in [3.05, 3.63) is 66.1 Å². The van der Waals surface area contributed by atoms with Gasteiger partial charge in [-0.3, -0.25) is 4.79 Å². The van der Waals surface area contributed by atoms with E-state index in [4.69, 9.17) is 5.11 Å². The van der Waals surface area contributed by atoms with Gasteiger partial charge in [0.15, 0.2) is 5.78 Å². The van der Waals surface area contributed by atoms with E-state index in [9.17, 15) is 4.79 Å². The number of allylic oxidation sites excluding steroid dienone is 2. The first-order chi connectivity index (χ1) is 9.49. The van der Waals surface area contributed by atoms with E-state index in [-0.39, 0.29) is 31.6 Å². The number of nitrogens with zero attached hydrogens (tertiary/aromatic N) is 1. The molecule has 0 amide bonds. The Balaban J connectivity index is 0.000000436. The molecule has 4 heteroatoms. The van der Waals surface area contributed by atoms with Crippen molar-refractivity contribution in [2.75, 3.05) is 0 Å². The van der Waals surface area contributed by atoms with Crippen LogP contribution in [-0.2, 0) is 24.9 Å². The molecule has 0 aliphatic heterocycles. The standard InChI is InChI=1S/C12H10N.C5H8O2.Ir/c1-10-7-8-13-12(9-10)11-5-3-2-4-6-11;1-4(6)3-5(2)7;/h2-5,7-9H,1H3;3,6H,1-2H3;/q-1;;/b;4-3-;. The Morgan fingerprint density at radius 1 is 1.29 bits per heavy atom. The van der Waals surface area contributed by atoms with Gasteiger partial charge in [0.05, 0.1) is 5.76 Å². The van der Waals surface area contributed by atoms with Crippen LogP contribution < -0.4 is 0 Å². The largest absolute Gasteiger partial charge is 0.512 e. The number of benzene rings is 1. The van der Waals surface area contributed by atoms with Gasteiger partial charge in [-0.2, -0.15) is 0 Å². The second kappa shape index (κ2) is 10.0. The van der Waals surface area contributed by atoms with E-state index < -0.39 is 0 Å². The Bertz CT molecular complexity index is 591. The van der Waals surface area contributed by atoms with E-state index in [0.717, 1.165) is 11.3 Å². The van der Waals surface area contributed by atoms with Crippen LogP contribution in [0.15, 0.2) is 54.4 Å². The maximum absolute atomic E-state index is 10.0. The molecule has 0 fully saturated rings. The Morgan fingerprint density at radius 2 is 2.00 bits per heavy atom. The molecule has 0 spiro atoms. The van der Waals surface area contributed by atoms with Gasteiger partial charge in [-0.25, -0.2) is 0 Å². The van der Waals surface area contributed by atoms with Crippen molar-refractivity contribution in [3.8, 4) is 11.3 Å². The predicted octanol–water partition coefficient (Wildman–Crippen LogP) is 3.89.